The van der Waals surface area contributed by atoms with E-state index in [2.05, 4.69) is 26.2 Å². The standard InChI is InChI=1S/C18H18BrN3O3S3/c1-11-4-2-6-13-16(11)20-18(26-13)21-17(23)12-5-3-9-22(10-12)28(24,25)15-8-7-14(19)27-15/h2,4,6-8,12H,3,5,9-10H2,1H3,(H,20,21,23)/t12-/m1/s1. The molecule has 1 aliphatic heterocycles. The fourth-order valence-electron chi connectivity index (χ4n) is 3.29. The summed E-state index contributed by atoms with van der Waals surface area (Å²) in [5, 5.41) is 3.44. The maximum Gasteiger partial charge on any atom is 0.252 e. The summed E-state index contributed by atoms with van der Waals surface area (Å²) in [7, 11) is -3.58. The molecule has 28 heavy (non-hydrogen) atoms. The molecule has 0 spiro atoms. The molecule has 0 radical (unpaired) electrons. The van der Waals surface area contributed by atoms with E-state index in [1.807, 2.05) is 25.1 Å². The molecule has 0 saturated carbocycles. The maximum absolute atomic E-state index is 12.9. The van der Waals surface area contributed by atoms with Crippen molar-refractivity contribution in [2.75, 3.05) is 18.4 Å². The van der Waals surface area contributed by atoms with Gasteiger partial charge in [0.15, 0.2) is 5.13 Å². The summed E-state index contributed by atoms with van der Waals surface area (Å²) in [6.07, 6.45) is 1.32. The van der Waals surface area contributed by atoms with Crippen LogP contribution >= 0.6 is 38.6 Å². The van der Waals surface area contributed by atoms with E-state index in [-0.39, 0.29) is 18.4 Å². The number of piperidine rings is 1. The monoisotopic (exact) mass is 499 g/mol. The predicted octanol–water partition coefficient (Wildman–Crippen LogP) is 4.47. The van der Waals surface area contributed by atoms with Gasteiger partial charge >= 0.3 is 0 Å². The second-order valence-corrected chi connectivity index (χ2v) is 12.3. The first kappa shape index (κ1) is 20.0. The highest BCUT2D eigenvalue weighted by molar-refractivity contribution is 9.11. The van der Waals surface area contributed by atoms with Crippen molar-refractivity contribution in [2.45, 2.75) is 24.0 Å². The molecule has 4 rings (SSSR count). The van der Waals surface area contributed by atoms with Crippen molar-refractivity contribution >= 4 is 69.9 Å². The Morgan fingerprint density at radius 2 is 2.11 bits per heavy atom. The topological polar surface area (TPSA) is 79.4 Å². The summed E-state index contributed by atoms with van der Waals surface area (Å²) in [6.45, 7) is 2.61. The molecule has 3 aromatic rings. The van der Waals surface area contributed by atoms with E-state index in [1.54, 1.807) is 12.1 Å². The lowest BCUT2D eigenvalue weighted by Crippen LogP contribution is -2.43. The number of sulfonamides is 1. The van der Waals surface area contributed by atoms with Crippen molar-refractivity contribution in [3.05, 3.63) is 39.7 Å². The number of halogens is 1. The van der Waals surface area contributed by atoms with Crippen LogP contribution in [0.2, 0.25) is 0 Å². The highest BCUT2D eigenvalue weighted by atomic mass is 79.9. The Balaban J connectivity index is 1.49. The van der Waals surface area contributed by atoms with E-state index in [9.17, 15) is 13.2 Å². The molecule has 1 fully saturated rings. The zero-order valence-corrected chi connectivity index (χ0v) is 19.0. The number of carbonyl (C=O) groups excluding carboxylic acids is 1. The van der Waals surface area contributed by atoms with Crippen LogP contribution in [0.3, 0.4) is 0 Å². The zero-order chi connectivity index (χ0) is 19.9. The number of anilines is 1. The molecule has 1 amide bonds. The third-order valence-electron chi connectivity index (χ3n) is 4.75. The minimum atomic E-state index is -3.58. The number of carbonyl (C=O) groups is 1. The fourth-order valence-corrected chi connectivity index (χ4v) is 7.92. The van der Waals surface area contributed by atoms with Gasteiger partial charge in [0.25, 0.3) is 10.0 Å². The number of hydrogen-bond donors (Lipinski definition) is 1. The third-order valence-corrected chi connectivity index (χ3v) is 9.64. The number of thiophene rings is 1. The number of hydrogen-bond acceptors (Lipinski definition) is 6. The molecule has 6 nitrogen and oxygen atoms in total. The molecule has 0 unspecified atom stereocenters. The fraction of sp³-hybridized carbons (Fsp3) is 0.333. The Labute approximate surface area is 179 Å². The molecule has 1 saturated heterocycles. The first-order valence-corrected chi connectivity index (χ1v) is 12.6. The van der Waals surface area contributed by atoms with E-state index >= 15 is 0 Å². The van der Waals surface area contributed by atoms with Crippen molar-refractivity contribution in [1.29, 1.82) is 0 Å². The molecule has 0 bridgehead atoms. The molecule has 1 N–H and O–H groups in total. The number of aromatic nitrogens is 1. The summed E-state index contributed by atoms with van der Waals surface area (Å²) < 4.78 is 29.2. The van der Waals surface area contributed by atoms with Gasteiger partial charge in [0, 0.05) is 13.1 Å². The van der Waals surface area contributed by atoms with Crippen LogP contribution in [0, 0.1) is 12.8 Å². The van der Waals surface area contributed by atoms with Crippen LogP contribution in [0.5, 0.6) is 0 Å². The summed E-state index contributed by atoms with van der Waals surface area (Å²) >= 11 is 5.92. The number of amides is 1. The summed E-state index contributed by atoms with van der Waals surface area (Å²) in [6, 6.07) is 9.25. The number of nitrogens with zero attached hydrogens (tertiary/aromatic N) is 2. The van der Waals surface area contributed by atoms with Crippen molar-refractivity contribution in [3.63, 3.8) is 0 Å². The lowest BCUT2D eigenvalue weighted by molar-refractivity contribution is -0.120. The Morgan fingerprint density at radius 1 is 1.29 bits per heavy atom. The third kappa shape index (κ3) is 3.88. The average Bonchev–Trinajstić information content (AvgIpc) is 3.29. The van der Waals surface area contributed by atoms with Crippen LogP contribution in [0.25, 0.3) is 10.2 Å². The zero-order valence-electron chi connectivity index (χ0n) is 15.0. The van der Waals surface area contributed by atoms with Gasteiger partial charge in [-0.15, -0.1) is 11.3 Å². The Bertz CT molecular complexity index is 1140. The highest BCUT2D eigenvalue weighted by Gasteiger charge is 2.34. The van der Waals surface area contributed by atoms with Crippen LogP contribution in [0.4, 0.5) is 5.13 Å². The van der Waals surface area contributed by atoms with E-state index < -0.39 is 10.0 Å². The molecule has 0 aliphatic carbocycles. The van der Waals surface area contributed by atoms with Crippen molar-refractivity contribution in [1.82, 2.24) is 9.29 Å². The number of fused-ring (bicyclic) bond motifs is 1. The number of aryl methyl sites for hydroxylation is 1. The molecule has 1 atom stereocenters. The number of nitrogens with one attached hydrogen (secondary N) is 1. The predicted molar refractivity (Wildman–Crippen MR) is 116 cm³/mol. The molecule has 1 aliphatic rings. The first-order chi connectivity index (χ1) is 13.3. The normalized spacial score (nSPS) is 18.4. The smallest absolute Gasteiger partial charge is 0.252 e. The number of para-hydroxylation sites is 1. The molecule has 10 heteroatoms. The lowest BCUT2D eigenvalue weighted by atomic mass is 9.99. The van der Waals surface area contributed by atoms with E-state index in [1.165, 1.54) is 27.0 Å². The number of thiazole rings is 1. The summed E-state index contributed by atoms with van der Waals surface area (Å²) in [4.78, 5) is 17.3. The van der Waals surface area contributed by atoms with Crippen LogP contribution in [0.15, 0.2) is 38.3 Å². The molecule has 2 aromatic heterocycles. The minimum absolute atomic E-state index is 0.177. The van der Waals surface area contributed by atoms with E-state index in [0.717, 1.165) is 19.6 Å². The van der Waals surface area contributed by atoms with E-state index in [0.29, 0.717) is 28.7 Å². The molecule has 1 aromatic carbocycles. The van der Waals surface area contributed by atoms with Gasteiger partial charge in [0.1, 0.15) is 4.21 Å². The first-order valence-electron chi connectivity index (χ1n) is 8.77. The maximum atomic E-state index is 12.9. The molecule has 3 heterocycles. The van der Waals surface area contributed by atoms with Gasteiger partial charge in [-0.1, -0.05) is 23.5 Å². The number of rotatable bonds is 4. The largest absolute Gasteiger partial charge is 0.302 e. The van der Waals surface area contributed by atoms with Crippen LogP contribution in [-0.4, -0.2) is 36.7 Å². The van der Waals surface area contributed by atoms with Crippen molar-refractivity contribution < 1.29 is 13.2 Å². The van der Waals surface area contributed by atoms with Gasteiger partial charge in [-0.05, 0) is 59.5 Å². The Hall–Kier alpha value is -1.33. The van der Waals surface area contributed by atoms with Gasteiger partial charge in [0.05, 0.1) is 19.9 Å². The lowest BCUT2D eigenvalue weighted by Gasteiger charge is -2.30. The van der Waals surface area contributed by atoms with Crippen LogP contribution in [0.1, 0.15) is 18.4 Å². The van der Waals surface area contributed by atoms with Crippen molar-refractivity contribution in [3.8, 4) is 0 Å². The molecule has 148 valence electrons. The Kier molecular flexibility index (Phi) is 5.58. The molecular formula is C18H18BrN3O3S3. The SMILES string of the molecule is Cc1cccc2sc(NC(=O)[C@@H]3CCCN(S(=O)(=O)c4ccc(Br)s4)C3)nc12. The van der Waals surface area contributed by atoms with Crippen molar-refractivity contribution in [2.24, 2.45) is 5.92 Å². The second-order valence-electron chi connectivity index (χ2n) is 6.69. The second kappa shape index (κ2) is 7.83. The van der Waals surface area contributed by atoms with E-state index in [4.69, 9.17) is 0 Å². The summed E-state index contributed by atoms with van der Waals surface area (Å²) in [5.41, 5.74) is 1.95. The van der Waals surface area contributed by atoms with Gasteiger partial charge in [0.2, 0.25) is 5.91 Å². The average molecular weight is 500 g/mol. The van der Waals surface area contributed by atoms with Gasteiger partial charge in [-0.2, -0.15) is 4.31 Å². The van der Waals surface area contributed by atoms with Gasteiger partial charge < -0.3 is 5.32 Å². The van der Waals surface area contributed by atoms with Crippen LogP contribution in [-0.2, 0) is 14.8 Å². The quantitative estimate of drug-likeness (QED) is 0.574. The van der Waals surface area contributed by atoms with Gasteiger partial charge in [-0.3, -0.25) is 4.79 Å². The summed E-state index contributed by atoms with van der Waals surface area (Å²) in [5.74, 6) is -0.566. The minimum Gasteiger partial charge on any atom is -0.302 e. The van der Waals surface area contributed by atoms with Crippen LogP contribution < -0.4 is 5.32 Å². The number of benzene rings is 1. The van der Waals surface area contributed by atoms with Gasteiger partial charge in [-0.25, -0.2) is 13.4 Å². The Morgan fingerprint density at radius 3 is 2.82 bits per heavy atom. The highest BCUT2D eigenvalue weighted by Crippen LogP contribution is 2.32. The molecular weight excluding hydrogens is 482 g/mol.